The minimum Gasteiger partial charge on any atom is -0.353 e. The van der Waals surface area contributed by atoms with Crippen LogP contribution in [-0.2, 0) is 0 Å². The number of benzene rings is 1. The van der Waals surface area contributed by atoms with Crippen LogP contribution in [0.2, 0.25) is 0 Å². The predicted octanol–water partition coefficient (Wildman–Crippen LogP) is 3.71. The van der Waals surface area contributed by atoms with Gasteiger partial charge >= 0.3 is 0 Å². The number of piperazine rings is 1. The number of anilines is 2. The van der Waals surface area contributed by atoms with Gasteiger partial charge in [0.1, 0.15) is 23.6 Å². The van der Waals surface area contributed by atoms with Crippen molar-refractivity contribution in [3.8, 4) is 11.1 Å². The van der Waals surface area contributed by atoms with Crippen molar-refractivity contribution >= 4 is 39.3 Å². The van der Waals surface area contributed by atoms with Crippen LogP contribution in [0.3, 0.4) is 0 Å². The van der Waals surface area contributed by atoms with Crippen molar-refractivity contribution in [1.29, 1.82) is 0 Å². The summed E-state index contributed by atoms with van der Waals surface area (Å²) >= 11 is 0. The summed E-state index contributed by atoms with van der Waals surface area (Å²) in [6.45, 7) is 3.78. The van der Waals surface area contributed by atoms with E-state index in [2.05, 4.69) is 53.2 Å². The van der Waals surface area contributed by atoms with Gasteiger partial charge in [-0.05, 0) is 30.8 Å². The Morgan fingerprint density at radius 1 is 1.00 bits per heavy atom. The molecule has 1 aliphatic heterocycles. The van der Waals surface area contributed by atoms with E-state index in [0.29, 0.717) is 11.2 Å². The molecule has 2 N–H and O–H groups in total. The molecule has 1 amide bonds. The molecule has 1 saturated heterocycles. The summed E-state index contributed by atoms with van der Waals surface area (Å²) in [5.41, 5.74) is 4.06. The zero-order chi connectivity index (χ0) is 24.6. The first-order chi connectivity index (χ1) is 17.5. The first kappa shape index (κ1) is 22.1. The molecule has 1 fully saturated rings. The van der Waals surface area contributed by atoms with Crippen LogP contribution >= 0.6 is 0 Å². The van der Waals surface area contributed by atoms with Crippen LogP contribution in [0.5, 0.6) is 0 Å². The third-order valence-electron chi connectivity index (χ3n) is 6.48. The zero-order valence-electron chi connectivity index (χ0n) is 19.6. The van der Waals surface area contributed by atoms with Gasteiger partial charge in [-0.25, -0.2) is 19.3 Å². The highest BCUT2D eigenvalue weighted by molar-refractivity contribution is 6.07. The Hall–Kier alpha value is -4.44. The Kier molecular flexibility index (Phi) is 5.49. The molecule has 0 saturated carbocycles. The third-order valence-corrected chi connectivity index (χ3v) is 6.48. The van der Waals surface area contributed by atoms with Gasteiger partial charge in [0.2, 0.25) is 0 Å². The number of amides is 1. The monoisotopic (exact) mass is 482 g/mol. The Balaban J connectivity index is 1.37. The van der Waals surface area contributed by atoms with Crippen LogP contribution in [0, 0.1) is 5.82 Å². The van der Waals surface area contributed by atoms with Crippen molar-refractivity contribution in [2.45, 2.75) is 0 Å². The standard InChI is InChI=1S/C26H23FN8O/c1-34-4-6-35(7-5-34)25-21-8-16(2-3-23(21)31-15-32-25)22-14-30-24-20(22)9-17(11-29-24)26(36)33-19-10-18(27)12-28-13-19/h2-3,8-15H,4-7H2,1H3,(H,29,30)(H,33,36). The predicted molar refractivity (Wildman–Crippen MR) is 136 cm³/mol. The van der Waals surface area contributed by atoms with Crippen molar-refractivity contribution < 1.29 is 9.18 Å². The van der Waals surface area contributed by atoms with Gasteiger partial charge < -0.3 is 20.1 Å². The minimum atomic E-state index is -0.523. The van der Waals surface area contributed by atoms with E-state index in [9.17, 15) is 9.18 Å². The number of likely N-dealkylation sites (N-methyl/N-ethyl adjacent to an activating group) is 1. The number of carbonyl (C=O) groups is 1. The number of halogens is 1. The molecule has 180 valence electrons. The molecule has 4 aromatic heterocycles. The molecular formula is C26H23FN8O. The lowest BCUT2D eigenvalue weighted by molar-refractivity contribution is 0.102. The van der Waals surface area contributed by atoms with Gasteiger partial charge in [-0.3, -0.25) is 9.78 Å². The van der Waals surface area contributed by atoms with E-state index in [-0.39, 0.29) is 5.69 Å². The van der Waals surface area contributed by atoms with Crippen molar-refractivity contribution in [2.75, 3.05) is 43.4 Å². The zero-order valence-corrected chi connectivity index (χ0v) is 19.6. The topological polar surface area (TPSA) is 103 Å². The fourth-order valence-electron chi connectivity index (χ4n) is 4.53. The van der Waals surface area contributed by atoms with Gasteiger partial charge in [-0.2, -0.15) is 0 Å². The second kappa shape index (κ2) is 8.97. The number of carbonyl (C=O) groups excluding carboxylic acids is 1. The highest BCUT2D eigenvalue weighted by Gasteiger charge is 2.19. The number of hydrogen-bond acceptors (Lipinski definition) is 7. The maximum absolute atomic E-state index is 13.5. The van der Waals surface area contributed by atoms with Crippen molar-refractivity contribution in [2.24, 2.45) is 0 Å². The van der Waals surface area contributed by atoms with Crippen molar-refractivity contribution in [1.82, 2.24) is 29.8 Å². The maximum Gasteiger partial charge on any atom is 0.257 e. The number of H-pyrrole nitrogens is 1. The van der Waals surface area contributed by atoms with E-state index in [1.54, 1.807) is 12.4 Å². The summed E-state index contributed by atoms with van der Waals surface area (Å²) in [7, 11) is 2.13. The Morgan fingerprint density at radius 2 is 1.86 bits per heavy atom. The Morgan fingerprint density at radius 3 is 2.69 bits per heavy atom. The molecule has 0 atom stereocenters. The third kappa shape index (κ3) is 4.11. The average Bonchev–Trinajstić information content (AvgIpc) is 3.32. The van der Waals surface area contributed by atoms with Gasteiger partial charge in [-0.15, -0.1) is 0 Å². The van der Waals surface area contributed by atoms with Gasteiger partial charge in [0.15, 0.2) is 0 Å². The first-order valence-corrected chi connectivity index (χ1v) is 11.6. The summed E-state index contributed by atoms with van der Waals surface area (Å²) < 4.78 is 13.5. The molecule has 1 aromatic carbocycles. The number of hydrogen-bond donors (Lipinski definition) is 2. The van der Waals surface area contributed by atoms with E-state index in [0.717, 1.165) is 65.6 Å². The van der Waals surface area contributed by atoms with Gasteiger partial charge in [0.05, 0.1) is 29.2 Å². The summed E-state index contributed by atoms with van der Waals surface area (Å²) in [5.74, 6) is 0.00965. The molecule has 0 aliphatic carbocycles. The van der Waals surface area contributed by atoms with Crippen LogP contribution in [-0.4, -0.2) is 69.0 Å². The van der Waals surface area contributed by atoms with Crippen LogP contribution in [0.25, 0.3) is 33.1 Å². The maximum atomic E-state index is 13.5. The summed E-state index contributed by atoms with van der Waals surface area (Å²) in [6.07, 6.45) is 7.47. The fourth-order valence-corrected chi connectivity index (χ4v) is 4.53. The van der Waals surface area contributed by atoms with Crippen LogP contribution < -0.4 is 10.2 Å². The molecule has 5 heterocycles. The molecule has 6 rings (SSSR count). The van der Waals surface area contributed by atoms with Gasteiger partial charge in [-0.1, -0.05) is 6.07 Å². The average molecular weight is 483 g/mol. The lowest BCUT2D eigenvalue weighted by atomic mass is 10.0. The lowest BCUT2D eigenvalue weighted by Gasteiger charge is -2.33. The highest BCUT2D eigenvalue weighted by atomic mass is 19.1. The number of pyridine rings is 2. The first-order valence-electron chi connectivity index (χ1n) is 11.6. The van der Waals surface area contributed by atoms with E-state index in [1.807, 2.05) is 18.3 Å². The van der Waals surface area contributed by atoms with E-state index in [1.165, 1.54) is 18.5 Å². The second-order valence-electron chi connectivity index (χ2n) is 8.89. The number of rotatable bonds is 4. The number of nitrogens with zero attached hydrogens (tertiary/aromatic N) is 6. The highest BCUT2D eigenvalue weighted by Crippen LogP contribution is 2.33. The number of nitrogens with one attached hydrogen (secondary N) is 2. The molecule has 1 aliphatic rings. The largest absolute Gasteiger partial charge is 0.353 e. The normalized spacial score (nSPS) is 14.4. The molecule has 10 heteroatoms. The van der Waals surface area contributed by atoms with Gasteiger partial charge in [0.25, 0.3) is 5.91 Å². The smallest absolute Gasteiger partial charge is 0.257 e. The summed E-state index contributed by atoms with van der Waals surface area (Å²) in [5, 5.41) is 4.45. The summed E-state index contributed by atoms with van der Waals surface area (Å²) in [4.78, 5) is 37.9. The molecule has 36 heavy (non-hydrogen) atoms. The molecule has 5 aromatic rings. The number of aromatic nitrogens is 5. The van der Waals surface area contributed by atoms with Crippen LogP contribution in [0.15, 0.2) is 61.4 Å². The van der Waals surface area contributed by atoms with E-state index < -0.39 is 11.7 Å². The SMILES string of the molecule is CN1CCN(c2ncnc3ccc(-c4c[nH]c5ncc(C(=O)Nc6cncc(F)c6)cc45)cc23)CC1. The lowest BCUT2D eigenvalue weighted by Crippen LogP contribution is -2.44. The molecule has 0 radical (unpaired) electrons. The van der Waals surface area contributed by atoms with E-state index in [4.69, 9.17) is 0 Å². The molecule has 0 bridgehead atoms. The summed E-state index contributed by atoms with van der Waals surface area (Å²) in [6, 6.07) is 9.09. The van der Waals surface area contributed by atoms with Crippen molar-refractivity contribution in [3.05, 3.63) is 72.8 Å². The Labute approximate surface area is 206 Å². The molecule has 0 unspecified atom stereocenters. The van der Waals surface area contributed by atoms with Crippen LogP contribution in [0.4, 0.5) is 15.9 Å². The molecule has 9 nitrogen and oxygen atoms in total. The molecular weight excluding hydrogens is 459 g/mol. The van der Waals surface area contributed by atoms with Crippen LogP contribution in [0.1, 0.15) is 10.4 Å². The van der Waals surface area contributed by atoms with Gasteiger partial charge in [0, 0.05) is 61.0 Å². The Bertz CT molecular complexity index is 1590. The number of aromatic amines is 1. The second-order valence-corrected chi connectivity index (χ2v) is 8.89. The van der Waals surface area contributed by atoms with Crippen molar-refractivity contribution in [3.63, 3.8) is 0 Å². The minimum absolute atomic E-state index is 0.278. The molecule has 0 spiro atoms. The van der Waals surface area contributed by atoms with E-state index >= 15 is 0 Å². The number of fused-ring (bicyclic) bond motifs is 2. The fraction of sp³-hybridized carbons (Fsp3) is 0.192. The quantitative estimate of drug-likeness (QED) is 0.403.